The standard InChI is InChI=1S/C21H20N2O2/c1-24-20-11-9-17(10-12-20)13-15-25-23-21(18-6-3-2-4-7-18)19-8-5-14-22-16-19/h2-12,14,16H,13,15H2,1H3. The first kappa shape index (κ1) is 16.7. The molecule has 0 fully saturated rings. The molecule has 0 N–H and O–H groups in total. The Morgan fingerprint density at radius 2 is 1.68 bits per heavy atom. The number of nitrogens with zero attached hydrogens (tertiary/aromatic N) is 2. The Kier molecular flexibility index (Phi) is 5.77. The molecule has 0 saturated carbocycles. The Morgan fingerprint density at radius 3 is 2.36 bits per heavy atom. The van der Waals surface area contributed by atoms with Crippen LogP contribution in [0.4, 0.5) is 0 Å². The fraction of sp³-hybridized carbons (Fsp3) is 0.143. The minimum absolute atomic E-state index is 0.503. The van der Waals surface area contributed by atoms with Crippen LogP contribution >= 0.6 is 0 Å². The molecule has 0 unspecified atom stereocenters. The van der Waals surface area contributed by atoms with E-state index in [2.05, 4.69) is 10.1 Å². The molecule has 0 saturated heterocycles. The fourth-order valence-corrected chi connectivity index (χ4v) is 2.44. The molecule has 0 spiro atoms. The molecule has 25 heavy (non-hydrogen) atoms. The fourth-order valence-electron chi connectivity index (χ4n) is 2.44. The van der Waals surface area contributed by atoms with Crippen LogP contribution in [-0.2, 0) is 11.3 Å². The van der Waals surface area contributed by atoms with Gasteiger partial charge in [-0.3, -0.25) is 4.98 Å². The van der Waals surface area contributed by atoms with Crippen molar-refractivity contribution < 1.29 is 9.57 Å². The molecule has 4 nitrogen and oxygen atoms in total. The van der Waals surface area contributed by atoms with Crippen molar-refractivity contribution in [2.45, 2.75) is 6.42 Å². The van der Waals surface area contributed by atoms with Crippen LogP contribution in [0.2, 0.25) is 0 Å². The molecule has 3 rings (SSSR count). The third-order valence-corrected chi connectivity index (χ3v) is 3.78. The summed E-state index contributed by atoms with van der Waals surface area (Å²) in [6, 6.07) is 21.8. The van der Waals surface area contributed by atoms with Gasteiger partial charge in [-0.1, -0.05) is 47.6 Å². The minimum atomic E-state index is 0.503. The van der Waals surface area contributed by atoms with Crippen LogP contribution in [0, 0.1) is 0 Å². The van der Waals surface area contributed by atoms with Gasteiger partial charge in [-0.25, -0.2) is 0 Å². The zero-order chi connectivity index (χ0) is 17.3. The molecule has 2 aromatic carbocycles. The van der Waals surface area contributed by atoms with Crippen LogP contribution in [0.25, 0.3) is 0 Å². The molecular formula is C21H20N2O2. The van der Waals surface area contributed by atoms with Crippen molar-refractivity contribution in [1.82, 2.24) is 4.98 Å². The molecule has 0 aliphatic carbocycles. The highest BCUT2D eigenvalue weighted by Gasteiger charge is 2.07. The molecule has 1 heterocycles. The average Bonchev–Trinajstić information content (AvgIpc) is 2.70. The monoisotopic (exact) mass is 332 g/mol. The Balaban J connectivity index is 1.68. The van der Waals surface area contributed by atoms with Crippen LogP contribution in [0.5, 0.6) is 5.75 Å². The molecule has 126 valence electrons. The number of aromatic nitrogens is 1. The highest BCUT2D eigenvalue weighted by Crippen LogP contribution is 2.13. The highest BCUT2D eigenvalue weighted by atomic mass is 16.6. The normalized spacial score (nSPS) is 11.2. The topological polar surface area (TPSA) is 43.7 Å². The lowest BCUT2D eigenvalue weighted by Gasteiger charge is -2.07. The van der Waals surface area contributed by atoms with E-state index in [1.54, 1.807) is 19.5 Å². The molecule has 0 atom stereocenters. The van der Waals surface area contributed by atoms with Gasteiger partial charge < -0.3 is 9.57 Å². The lowest BCUT2D eigenvalue weighted by molar-refractivity contribution is 0.148. The average molecular weight is 332 g/mol. The molecule has 0 aliphatic heterocycles. The Labute approximate surface area is 147 Å². The molecular weight excluding hydrogens is 312 g/mol. The number of benzene rings is 2. The number of hydrogen-bond donors (Lipinski definition) is 0. The summed E-state index contributed by atoms with van der Waals surface area (Å²) in [5.74, 6) is 0.852. The molecule has 0 bridgehead atoms. The van der Waals surface area contributed by atoms with Gasteiger partial charge in [0.1, 0.15) is 18.1 Å². The van der Waals surface area contributed by atoms with Crippen LogP contribution in [-0.4, -0.2) is 24.4 Å². The zero-order valence-electron chi connectivity index (χ0n) is 14.1. The minimum Gasteiger partial charge on any atom is -0.497 e. The second kappa shape index (κ2) is 8.64. The molecule has 1 aromatic heterocycles. The SMILES string of the molecule is COc1ccc(CCON=C(c2ccccc2)c2cccnc2)cc1. The summed E-state index contributed by atoms with van der Waals surface area (Å²) in [6.45, 7) is 0.503. The van der Waals surface area contributed by atoms with Crippen molar-refractivity contribution in [3.63, 3.8) is 0 Å². The Morgan fingerprint density at radius 1 is 0.920 bits per heavy atom. The van der Waals surface area contributed by atoms with Crippen molar-refractivity contribution >= 4 is 5.71 Å². The van der Waals surface area contributed by atoms with Crippen molar-refractivity contribution in [3.05, 3.63) is 95.8 Å². The number of ether oxygens (including phenoxy) is 1. The second-order valence-corrected chi connectivity index (χ2v) is 5.48. The summed E-state index contributed by atoms with van der Waals surface area (Å²) < 4.78 is 5.17. The summed E-state index contributed by atoms with van der Waals surface area (Å²) in [5.41, 5.74) is 3.89. The van der Waals surface area contributed by atoms with Crippen molar-refractivity contribution in [2.24, 2.45) is 5.16 Å². The quantitative estimate of drug-likeness (QED) is 0.372. The van der Waals surface area contributed by atoms with Gasteiger partial charge in [0, 0.05) is 29.9 Å². The summed E-state index contributed by atoms with van der Waals surface area (Å²) in [7, 11) is 1.66. The van der Waals surface area contributed by atoms with Crippen molar-refractivity contribution in [3.8, 4) is 5.75 Å². The number of rotatable bonds is 7. The first-order valence-electron chi connectivity index (χ1n) is 8.15. The van der Waals surface area contributed by atoms with Gasteiger partial charge in [0.15, 0.2) is 0 Å². The number of pyridine rings is 1. The first-order chi connectivity index (χ1) is 12.4. The van der Waals surface area contributed by atoms with Gasteiger partial charge in [0.2, 0.25) is 0 Å². The smallest absolute Gasteiger partial charge is 0.121 e. The number of oxime groups is 1. The van der Waals surface area contributed by atoms with E-state index in [1.807, 2.05) is 66.7 Å². The van der Waals surface area contributed by atoms with E-state index in [9.17, 15) is 0 Å². The van der Waals surface area contributed by atoms with Gasteiger partial charge in [0.05, 0.1) is 7.11 Å². The third kappa shape index (κ3) is 4.67. The van der Waals surface area contributed by atoms with E-state index >= 15 is 0 Å². The van der Waals surface area contributed by atoms with E-state index in [0.717, 1.165) is 29.0 Å². The maximum absolute atomic E-state index is 5.59. The lowest BCUT2D eigenvalue weighted by atomic mass is 10.0. The zero-order valence-corrected chi connectivity index (χ0v) is 14.1. The number of methoxy groups -OCH3 is 1. The summed E-state index contributed by atoms with van der Waals surface area (Å²) in [6.07, 6.45) is 4.32. The van der Waals surface area contributed by atoms with E-state index in [0.29, 0.717) is 6.61 Å². The van der Waals surface area contributed by atoms with Crippen LogP contribution in [0.1, 0.15) is 16.7 Å². The van der Waals surface area contributed by atoms with Crippen LogP contribution in [0.3, 0.4) is 0 Å². The van der Waals surface area contributed by atoms with Gasteiger partial charge in [-0.2, -0.15) is 0 Å². The summed E-state index contributed by atoms with van der Waals surface area (Å²) in [5, 5.41) is 4.36. The van der Waals surface area contributed by atoms with E-state index in [-0.39, 0.29) is 0 Å². The van der Waals surface area contributed by atoms with Crippen LogP contribution < -0.4 is 4.74 Å². The van der Waals surface area contributed by atoms with Crippen molar-refractivity contribution in [1.29, 1.82) is 0 Å². The highest BCUT2D eigenvalue weighted by molar-refractivity contribution is 6.12. The van der Waals surface area contributed by atoms with Gasteiger partial charge >= 0.3 is 0 Å². The Bertz CT molecular complexity index is 759. The second-order valence-electron chi connectivity index (χ2n) is 5.48. The molecule has 0 radical (unpaired) electrons. The summed E-state index contributed by atoms with van der Waals surface area (Å²) >= 11 is 0. The lowest BCUT2D eigenvalue weighted by Crippen LogP contribution is -2.06. The van der Waals surface area contributed by atoms with E-state index < -0.39 is 0 Å². The van der Waals surface area contributed by atoms with Gasteiger partial charge in [0.25, 0.3) is 0 Å². The van der Waals surface area contributed by atoms with Crippen LogP contribution in [0.15, 0.2) is 84.3 Å². The molecule has 4 heteroatoms. The first-order valence-corrected chi connectivity index (χ1v) is 8.15. The van der Waals surface area contributed by atoms with E-state index in [4.69, 9.17) is 9.57 Å². The summed E-state index contributed by atoms with van der Waals surface area (Å²) in [4.78, 5) is 9.77. The maximum atomic E-state index is 5.59. The number of hydrogen-bond acceptors (Lipinski definition) is 4. The predicted molar refractivity (Wildman–Crippen MR) is 99.0 cm³/mol. The Hall–Kier alpha value is -3.14. The van der Waals surface area contributed by atoms with E-state index in [1.165, 1.54) is 5.56 Å². The third-order valence-electron chi connectivity index (χ3n) is 3.78. The largest absolute Gasteiger partial charge is 0.497 e. The molecule has 0 amide bonds. The van der Waals surface area contributed by atoms with Gasteiger partial charge in [-0.05, 0) is 29.8 Å². The molecule has 0 aliphatic rings. The predicted octanol–water partition coefficient (Wildman–Crippen LogP) is 4.10. The molecule has 3 aromatic rings. The maximum Gasteiger partial charge on any atom is 0.121 e. The van der Waals surface area contributed by atoms with Crippen molar-refractivity contribution in [2.75, 3.05) is 13.7 Å². The van der Waals surface area contributed by atoms with Gasteiger partial charge in [-0.15, -0.1) is 0 Å².